The molecule has 2 N–H and O–H groups in total. The van der Waals surface area contributed by atoms with Crippen molar-refractivity contribution in [1.29, 1.82) is 0 Å². The van der Waals surface area contributed by atoms with Crippen molar-refractivity contribution in [2.45, 2.75) is 25.8 Å². The van der Waals surface area contributed by atoms with E-state index in [2.05, 4.69) is 33.4 Å². The number of benzene rings is 2. The van der Waals surface area contributed by atoms with Crippen LogP contribution in [-0.4, -0.2) is 22.9 Å². The highest BCUT2D eigenvalue weighted by Gasteiger charge is 2.30. The second kappa shape index (κ2) is 6.87. The predicted octanol–water partition coefficient (Wildman–Crippen LogP) is 3.33. The highest BCUT2D eigenvalue weighted by molar-refractivity contribution is 6.01. The molecule has 4 rings (SSSR count). The van der Waals surface area contributed by atoms with Gasteiger partial charge in [0.15, 0.2) is 0 Å². The summed E-state index contributed by atoms with van der Waals surface area (Å²) in [6, 6.07) is 14.3. The summed E-state index contributed by atoms with van der Waals surface area (Å²) >= 11 is 0. The molecule has 1 aromatic heterocycles. The molecular formula is C21H20FN3O2. The molecule has 138 valence electrons. The van der Waals surface area contributed by atoms with E-state index in [0.29, 0.717) is 24.3 Å². The van der Waals surface area contributed by atoms with Gasteiger partial charge in [-0.2, -0.15) is 0 Å². The van der Waals surface area contributed by atoms with Crippen molar-refractivity contribution < 1.29 is 14.0 Å². The van der Waals surface area contributed by atoms with Crippen LogP contribution in [0.1, 0.15) is 23.6 Å². The van der Waals surface area contributed by atoms with Crippen LogP contribution in [0.25, 0.3) is 10.9 Å². The summed E-state index contributed by atoms with van der Waals surface area (Å²) in [5.41, 5.74) is 3.26. The molecule has 0 bridgehead atoms. The average Bonchev–Trinajstić information content (AvgIpc) is 2.97. The lowest BCUT2D eigenvalue weighted by Gasteiger charge is -2.25. The number of amides is 2. The molecule has 1 unspecified atom stereocenters. The Morgan fingerprint density at radius 2 is 2.07 bits per heavy atom. The molecule has 27 heavy (non-hydrogen) atoms. The third-order valence-electron chi connectivity index (χ3n) is 5.02. The van der Waals surface area contributed by atoms with Crippen LogP contribution in [0.3, 0.4) is 0 Å². The number of carbonyl (C=O) groups excluding carboxylic acids is 2. The Balaban J connectivity index is 1.48. The Kier molecular flexibility index (Phi) is 4.39. The number of fused-ring (bicyclic) bond motifs is 2. The maximum Gasteiger partial charge on any atom is 0.228 e. The van der Waals surface area contributed by atoms with Gasteiger partial charge in [-0.05, 0) is 48.2 Å². The number of rotatable bonds is 4. The first kappa shape index (κ1) is 17.3. The predicted molar refractivity (Wildman–Crippen MR) is 102 cm³/mol. The molecule has 2 aromatic carbocycles. The van der Waals surface area contributed by atoms with Gasteiger partial charge >= 0.3 is 0 Å². The van der Waals surface area contributed by atoms with Gasteiger partial charge in [0.25, 0.3) is 0 Å². The smallest absolute Gasteiger partial charge is 0.228 e. The van der Waals surface area contributed by atoms with Crippen LogP contribution < -0.4 is 10.6 Å². The molecular weight excluding hydrogens is 345 g/mol. The summed E-state index contributed by atoms with van der Waals surface area (Å²) in [6.07, 6.45) is 0.0216. The molecule has 0 spiro atoms. The summed E-state index contributed by atoms with van der Waals surface area (Å²) in [4.78, 5) is 24.6. The monoisotopic (exact) mass is 365 g/mol. The zero-order chi connectivity index (χ0) is 19.0. The van der Waals surface area contributed by atoms with Crippen molar-refractivity contribution in [2.75, 3.05) is 11.9 Å². The van der Waals surface area contributed by atoms with Gasteiger partial charge in [0.05, 0.1) is 5.92 Å². The van der Waals surface area contributed by atoms with Crippen LogP contribution in [0, 0.1) is 12.7 Å². The first-order chi connectivity index (χ1) is 13.0. The number of aryl methyl sites for hydroxylation is 1. The van der Waals surface area contributed by atoms with Crippen LogP contribution in [0.2, 0.25) is 0 Å². The van der Waals surface area contributed by atoms with Crippen LogP contribution in [0.4, 0.5) is 10.1 Å². The first-order valence-electron chi connectivity index (χ1n) is 8.95. The van der Waals surface area contributed by atoms with E-state index >= 15 is 0 Å². The van der Waals surface area contributed by atoms with Crippen molar-refractivity contribution in [2.24, 2.45) is 0 Å². The lowest BCUT2D eigenvalue weighted by atomic mass is 9.89. The Bertz CT molecular complexity index is 1040. The normalized spacial score (nSPS) is 16.1. The maximum absolute atomic E-state index is 13.6. The lowest BCUT2D eigenvalue weighted by molar-refractivity contribution is -0.126. The average molecular weight is 365 g/mol. The van der Waals surface area contributed by atoms with Gasteiger partial charge in [-0.3, -0.25) is 9.59 Å². The van der Waals surface area contributed by atoms with Crippen molar-refractivity contribution in [3.05, 3.63) is 65.6 Å². The van der Waals surface area contributed by atoms with Crippen LogP contribution in [0.5, 0.6) is 0 Å². The zero-order valence-electron chi connectivity index (χ0n) is 15.0. The van der Waals surface area contributed by atoms with Gasteiger partial charge in [-0.1, -0.05) is 18.2 Å². The summed E-state index contributed by atoms with van der Waals surface area (Å²) in [5.74, 6) is -1.59. The molecule has 6 heteroatoms. The molecule has 0 saturated heterocycles. The Hall–Kier alpha value is -3.15. The number of halogens is 1. The van der Waals surface area contributed by atoms with Gasteiger partial charge in [-0.25, -0.2) is 4.39 Å². The van der Waals surface area contributed by atoms with Gasteiger partial charge in [0.2, 0.25) is 11.8 Å². The highest BCUT2D eigenvalue weighted by atomic mass is 19.1. The van der Waals surface area contributed by atoms with Gasteiger partial charge in [0.1, 0.15) is 5.82 Å². The van der Waals surface area contributed by atoms with Crippen molar-refractivity contribution in [1.82, 2.24) is 9.88 Å². The molecule has 0 fully saturated rings. The Labute approximate surface area is 156 Å². The van der Waals surface area contributed by atoms with Crippen LogP contribution in [0.15, 0.2) is 48.5 Å². The SMILES string of the molecule is Cc1cc2ccccc2n1CCNC(=O)C1CC(=O)Nc2ccc(F)cc21. The Morgan fingerprint density at radius 3 is 2.93 bits per heavy atom. The van der Waals surface area contributed by atoms with Crippen molar-refractivity contribution >= 4 is 28.4 Å². The number of para-hydroxylation sites is 1. The highest BCUT2D eigenvalue weighted by Crippen LogP contribution is 2.32. The fraction of sp³-hybridized carbons (Fsp3) is 0.238. The van der Waals surface area contributed by atoms with Crippen LogP contribution >= 0.6 is 0 Å². The number of aromatic nitrogens is 1. The molecule has 1 atom stereocenters. The lowest BCUT2D eigenvalue weighted by Crippen LogP contribution is -2.36. The molecule has 1 aliphatic rings. The van der Waals surface area contributed by atoms with Crippen molar-refractivity contribution in [3.63, 3.8) is 0 Å². The molecule has 1 aliphatic heterocycles. The number of hydrogen-bond donors (Lipinski definition) is 2. The number of carbonyl (C=O) groups is 2. The third-order valence-corrected chi connectivity index (χ3v) is 5.02. The fourth-order valence-electron chi connectivity index (χ4n) is 3.73. The largest absolute Gasteiger partial charge is 0.354 e. The van der Waals surface area contributed by atoms with Crippen LogP contribution in [-0.2, 0) is 16.1 Å². The van der Waals surface area contributed by atoms with E-state index < -0.39 is 11.7 Å². The summed E-state index contributed by atoms with van der Waals surface area (Å²) in [6.45, 7) is 3.09. The van der Waals surface area contributed by atoms with E-state index in [0.717, 1.165) is 16.6 Å². The zero-order valence-corrected chi connectivity index (χ0v) is 15.0. The number of hydrogen-bond acceptors (Lipinski definition) is 2. The van der Waals surface area contributed by atoms with E-state index in [1.165, 1.54) is 18.2 Å². The quantitative estimate of drug-likeness (QED) is 0.745. The van der Waals surface area contributed by atoms with E-state index in [4.69, 9.17) is 0 Å². The second-order valence-corrected chi connectivity index (χ2v) is 6.82. The summed E-state index contributed by atoms with van der Waals surface area (Å²) < 4.78 is 15.8. The fourth-order valence-corrected chi connectivity index (χ4v) is 3.73. The van der Waals surface area contributed by atoms with E-state index in [1.54, 1.807) is 0 Å². The minimum atomic E-state index is -0.674. The minimum Gasteiger partial charge on any atom is -0.354 e. The number of nitrogens with zero attached hydrogens (tertiary/aromatic N) is 1. The van der Waals surface area contributed by atoms with Crippen molar-refractivity contribution in [3.8, 4) is 0 Å². The molecule has 0 saturated carbocycles. The summed E-state index contributed by atoms with van der Waals surface area (Å²) in [5, 5.41) is 6.75. The summed E-state index contributed by atoms with van der Waals surface area (Å²) in [7, 11) is 0. The minimum absolute atomic E-state index is 0.0216. The Morgan fingerprint density at radius 1 is 1.26 bits per heavy atom. The second-order valence-electron chi connectivity index (χ2n) is 6.82. The van der Waals surface area contributed by atoms with E-state index in [1.807, 2.05) is 19.1 Å². The molecule has 2 amide bonds. The number of nitrogens with one attached hydrogen (secondary N) is 2. The van der Waals surface area contributed by atoms with Gasteiger partial charge < -0.3 is 15.2 Å². The number of anilines is 1. The van der Waals surface area contributed by atoms with Gasteiger partial charge in [-0.15, -0.1) is 0 Å². The standard InChI is InChI=1S/C21H20FN3O2/c1-13-10-14-4-2-3-5-19(14)25(13)9-8-23-21(27)17-12-20(26)24-18-7-6-15(22)11-16(17)18/h2-7,10-11,17H,8-9,12H2,1H3,(H,23,27)(H,24,26). The van der Waals surface area contributed by atoms with E-state index in [-0.39, 0.29) is 18.2 Å². The maximum atomic E-state index is 13.6. The topological polar surface area (TPSA) is 63.1 Å². The molecule has 3 aromatic rings. The molecule has 5 nitrogen and oxygen atoms in total. The third kappa shape index (κ3) is 3.30. The molecule has 0 aliphatic carbocycles. The molecule has 0 radical (unpaired) electrons. The first-order valence-corrected chi connectivity index (χ1v) is 8.95. The van der Waals surface area contributed by atoms with E-state index in [9.17, 15) is 14.0 Å². The van der Waals surface area contributed by atoms with Gasteiger partial charge in [0, 0.05) is 36.4 Å². The molecule has 2 heterocycles.